The van der Waals surface area contributed by atoms with E-state index in [-0.39, 0.29) is 12.3 Å². The molecule has 1 aromatic heterocycles. The molecule has 7 nitrogen and oxygen atoms in total. The van der Waals surface area contributed by atoms with Gasteiger partial charge in [-0.15, -0.1) is 0 Å². The molecule has 0 bridgehead atoms. The second kappa shape index (κ2) is 9.65. The number of hydrogen-bond acceptors (Lipinski definition) is 5. The zero-order valence-corrected chi connectivity index (χ0v) is 16.6. The van der Waals surface area contributed by atoms with Gasteiger partial charge in [-0.2, -0.15) is 0 Å². The predicted molar refractivity (Wildman–Crippen MR) is 112 cm³/mol. The van der Waals surface area contributed by atoms with Crippen LogP contribution >= 0.6 is 0 Å². The van der Waals surface area contributed by atoms with E-state index in [9.17, 15) is 19.2 Å². The molecule has 3 rings (SSSR count). The Morgan fingerprint density at radius 2 is 1.60 bits per heavy atom. The molecule has 0 saturated carbocycles. The van der Waals surface area contributed by atoms with Crippen LogP contribution in [0.1, 0.15) is 28.4 Å². The Kier molecular flexibility index (Phi) is 6.75. The summed E-state index contributed by atoms with van der Waals surface area (Å²) < 4.78 is 7.13. The van der Waals surface area contributed by atoms with Gasteiger partial charge in [0.1, 0.15) is 6.54 Å². The van der Waals surface area contributed by atoms with Gasteiger partial charge in [-0.3, -0.25) is 19.0 Å². The number of benzene rings is 2. The molecular formula is C23H22N2O5. The second-order valence-corrected chi connectivity index (χ2v) is 6.77. The molecule has 0 unspecified atom stereocenters. The topological polar surface area (TPSA) is 87.4 Å². The Hall–Kier alpha value is -3.74. The number of esters is 1. The number of hydrogen-bond donors (Lipinski definition) is 0. The second-order valence-electron chi connectivity index (χ2n) is 6.77. The SMILES string of the molecule is CCc1ccc(C(=O)COC(=O)Cn2c(=O)ccn(Cc3ccccc3)c2=O)cc1. The Morgan fingerprint density at radius 3 is 2.27 bits per heavy atom. The number of aromatic nitrogens is 2. The monoisotopic (exact) mass is 406 g/mol. The van der Waals surface area contributed by atoms with Gasteiger partial charge in [0.15, 0.2) is 12.4 Å². The van der Waals surface area contributed by atoms with Crippen molar-refractivity contribution in [3.63, 3.8) is 0 Å². The normalized spacial score (nSPS) is 10.6. The number of carbonyl (C=O) groups excluding carboxylic acids is 2. The lowest BCUT2D eigenvalue weighted by molar-refractivity contribution is -0.143. The van der Waals surface area contributed by atoms with Gasteiger partial charge in [0, 0.05) is 17.8 Å². The maximum absolute atomic E-state index is 12.6. The van der Waals surface area contributed by atoms with Gasteiger partial charge in [-0.1, -0.05) is 61.5 Å². The minimum Gasteiger partial charge on any atom is -0.456 e. The van der Waals surface area contributed by atoms with E-state index in [1.165, 1.54) is 16.8 Å². The van der Waals surface area contributed by atoms with E-state index in [2.05, 4.69) is 0 Å². The van der Waals surface area contributed by atoms with Gasteiger partial charge < -0.3 is 4.74 Å². The van der Waals surface area contributed by atoms with Crippen molar-refractivity contribution in [2.75, 3.05) is 6.61 Å². The van der Waals surface area contributed by atoms with Crippen LogP contribution in [-0.4, -0.2) is 27.5 Å². The number of ketones is 1. The Bertz CT molecular complexity index is 1140. The molecule has 7 heteroatoms. The third-order valence-electron chi connectivity index (χ3n) is 4.67. The van der Waals surface area contributed by atoms with E-state index in [0.717, 1.165) is 22.1 Å². The van der Waals surface area contributed by atoms with E-state index in [1.807, 2.05) is 49.4 Å². The first-order valence-corrected chi connectivity index (χ1v) is 9.60. The van der Waals surface area contributed by atoms with Crippen molar-refractivity contribution in [2.45, 2.75) is 26.4 Å². The van der Waals surface area contributed by atoms with Crippen molar-refractivity contribution >= 4 is 11.8 Å². The average molecular weight is 406 g/mol. The lowest BCUT2D eigenvalue weighted by Gasteiger charge is -2.10. The molecule has 0 aliphatic heterocycles. The molecule has 0 amide bonds. The highest BCUT2D eigenvalue weighted by Crippen LogP contribution is 2.06. The summed E-state index contributed by atoms with van der Waals surface area (Å²) in [6.07, 6.45) is 2.25. The summed E-state index contributed by atoms with van der Waals surface area (Å²) in [5.74, 6) is -1.18. The van der Waals surface area contributed by atoms with E-state index in [4.69, 9.17) is 4.74 Å². The van der Waals surface area contributed by atoms with Crippen molar-refractivity contribution in [2.24, 2.45) is 0 Å². The number of aryl methyl sites for hydroxylation is 1. The smallest absolute Gasteiger partial charge is 0.331 e. The first-order chi connectivity index (χ1) is 14.5. The van der Waals surface area contributed by atoms with Crippen LogP contribution in [0.3, 0.4) is 0 Å². The first-order valence-electron chi connectivity index (χ1n) is 9.60. The molecule has 0 spiro atoms. The largest absolute Gasteiger partial charge is 0.456 e. The van der Waals surface area contributed by atoms with Crippen molar-refractivity contribution in [3.8, 4) is 0 Å². The summed E-state index contributed by atoms with van der Waals surface area (Å²) in [4.78, 5) is 49.0. The molecule has 154 valence electrons. The minimum absolute atomic E-state index is 0.265. The molecule has 0 atom stereocenters. The van der Waals surface area contributed by atoms with Gasteiger partial charge in [0.2, 0.25) is 0 Å². The van der Waals surface area contributed by atoms with E-state index in [1.54, 1.807) is 12.1 Å². The molecule has 0 aliphatic carbocycles. The van der Waals surface area contributed by atoms with Crippen LogP contribution in [0.2, 0.25) is 0 Å². The third kappa shape index (κ3) is 5.20. The Balaban J connectivity index is 1.65. The maximum Gasteiger partial charge on any atom is 0.331 e. The molecule has 2 aromatic carbocycles. The summed E-state index contributed by atoms with van der Waals surface area (Å²) in [7, 11) is 0. The minimum atomic E-state index is -0.829. The quantitative estimate of drug-likeness (QED) is 0.422. The van der Waals surface area contributed by atoms with Crippen molar-refractivity contribution < 1.29 is 14.3 Å². The van der Waals surface area contributed by atoms with Crippen molar-refractivity contribution in [3.05, 3.63) is 104 Å². The highest BCUT2D eigenvalue weighted by atomic mass is 16.5. The lowest BCUT2D eigenvalue weighted by atomic mass is 10.1. The summed E-state index contributed by atoms with van der Waals surface area (Å²) in [5.41, 5.74) is 1.18. The molecule has 1 heterocycles. The van der Waals surface area contributed by atoms with Crippen LogP contribution in [0.15, 0.2) is 76.4 Å². The number of carbonyl (C=O) groups is 2. The molecule has 0 aliphatic rings. The van der Waals surface area contributed by atoms with Crippen LogP contribution in [-0.2, 0) is 29.0 Å². The fourth-order valence-corrected chi connectivity index (χ4v) is 2.93. The van der Waals surface area contributed by atoms with Gasteiger partial charge in [0.25, 0.3) is 5.56 Å². The van der Waals surface area contributed by atoms with Crippen LogP contribution in [0.5, 0.6) is 0 Å². The molecule has 0 radical (unpaired) electrons. The summed E-state index contributed by atoms with van der Waals surface area (Å²) in [5, 5.41) is 0. The Labute approximate surface area is 173 Å². The molecule has 0 fully saturated rings. The van der Waals surface area contributed by atoms with Crippen molar-refractivity contribution in [1.29, 1.82) is 0 Å². The third-order valence-corrected chi connectivity index (χ3v) is 4.67. The lowest BCUT2D eigenvalue weighted by Crippen LogP contribution is -2.41. The predicted octanol–water partition coefficient (Wildman–Crippen LogP) is 2.05. The summed E-state index contributed by atoms with van der Waals surface area (Å²) in [6, 6.07) is 17.5. The summed E-state index contributed by atoms with van der Waals surface area (Å²) in [6.45, 7) is 1.26. The maximum atomic E-state index is 12.6. The first kappa shape index (κ1) is 21.0. The fraction of sp³-hybridized carbons (Fsp3) is 0.217. The molecule has 0 saturated heterocycles. The van der Waals surface area contributed by atoms with Crippen LogP contribution in [0, 0.1) is 0 Å². The van der Waals surface area contributed by atoms with Gasteiger partial charge in [0.05, 0.1) is 6.54 Å². The molecular weight excluding hydrogens is 384 g/mol. The zero-order chi connectivity index (χ0) is 21.5. The Morgan fingerprint density at radius 1 is 0.900 bits per heavy atom. The van der Waals surface area contributed by atoms with Crippen LogP contribution in [0.4, 0.5) is 0 Å². The highest BCUT2D eigenvalue weighted by molar-refractivity contribution is 5.97. The molecule has 3 aromatic rings. The van der Waals surface area contributed by atoms with Crippen LogP contribution in [0.25, 0.3) is 0 Å². The number of rotatable bonds is 8. The molecule has 0 N–H and O–H groups in total. The molecule has 30 heavy (non-hydrogen) atoms. The van der Waals surface area contributed by atoms with Crippen molar-refractivity contribution in [1.82, 2.24) is 9.13 Å². The van der Waals surface area contributed by atoms with E-state index >= 15 is 0 Å². The number of nitrogens with zero attached hydrogens (tertiary/aromatic N) is 2. The highest BCUT2D eigenvalue weighted by Gasteiger charge is 2.14. The standard InChI is InChI=1S/C23H22N2O5/c1-2-17-8-10-19(11-9-17)20(26)16-30-22(28)15-25-21(27)12-13-24(23(25)29)14-18-6-4-3-5-7-18/h3-13H,2,14-16H2,1H3. The van der Waals surface area contributed by atoms with Gasteiger partial charge in [-0.25, -0.2) is 9.36 Å². The number of ether oxygens (including phenoxy) is 1. The van der Waals surface area contributed by atoms with Gasteiger partial charge >= 0.3 is 11.7 Å². The fourth-order valence-electron chi connectivity index (χ4n) is 2.93. The van der Waals surface area contributed by atoms with E-state index < -0.39 is 30.4 Å². The summed E-state index contributed by atoms with van der Waals surface area (Å²) >= 11 is 0. The number of Topliss-reactive ketones (excluding diaryl/α,β-unsaturated/α-hetero) is 1. The van der Waals surface area contributed by atoms with Crippen LogP contribution < -0.4 is 11.2 Å². The zero-order valence-electron chi connectivity index (χ0n) is 16.6. The average Bonchev–Trinajstić information content (AvgIpc) is 2.77. The van der Waals surface area contributed by atoms with E-state index in [0.29, 0.717) is 5.56 Å². The van der Waals surface area contributed by atoms with Gasteiger partial charge in [-0.05, 0) is 17.5 Å².